The van der Waals surface area contributed by atoms with E-state index in [1.807, 2.05) is 42.5 Å². The Morgan fingerprint density at radius 3 is 2.08 bits per heavy atom. The monoisotopic (exact) mass is 552 g/mol. The number of carboxylic acid groups (broad SMARTS) is 1. The number of hydrogen-bond acceptors (Lipinski definition) is 4. The molecule has 0 amide bonds. The van der Waals surface area contributed by atoms with Crippen molar-refractivity contribution in [3.63, 3.8) is 0 Å². The SMILES string of the molecule is O=C(O)c1cc(Br)ccc1[I+]c1ccccc1.O=S(=O)([O-])C(F)(F)F. The number of carbonyl (C=O) groups is 1. The molecule has 5 nitrogen and oxygen atoms in total. The lowest BCUT2D eigenvalue weighted by Gasteiger charge is -2.08. The lowest BCUT2D eigenvalue weighted by atomic mass is 10.2. The van der Waals surface area contributed by atoms with E-state index in [2.05, 4.69) is 15.9 Å². The van der Waals surface area contributed by atoms with Crippen molar-refractivity contribution >= 4 is 32.0 Å². The van der Waals surface area contributed by atoms with Crippen LogP contribution in [0.3, 0.4) is 0 Å². The molecule has 2 rings (SSSR count). The van der Waals surface area contributed by atoms with Crippen LogP contribution in [0.4, 0.5) is 13.2 Å². The van der Waals surface area contributed by atoms with Crippen LogP contribution in [0.5, 0.6) is 0 Å². The molecule has 0 aromatic heterocycles. The van der Waals surface area contributed by atoms with Crippen molar-refractivity contribution in [2.45, 2.75) is 5.51 Å². The first kappa shape index (κ1) is 21.9. The maximum atomic E-state index is 11.2. The Hall–Kier alpha value is -1.18. The first-order valence-corrected chi connectivity index (χ1v) is 10.5. The van der Waals surface area contributed by atoms with E-state index in [9.17, 15) is 18.0 Å². The molecule has 11 heteroatoms. The first-order chi connectivity index (χ1) is 11.4. The summed E-state index contributed by atoms with van der Waals surface area (Å²) < 4.78 is 61.9. The van der Waals surface area contributed by atoms with Crippen LogP contribution in [0.25, 0.3) is 0 Å². The molecule has 0 radical (unpaired) electrons. The second-order valence-corrected chi connectivity index (χ2v) is 9.45. The van der Waals surface area contributed by atoms with Gasteiger partial charge in [0.25, 0.3) is 0 Å². The molecule has 0 unspecified atom stereocenters. The molecule has 2 aromatic rings. The number of halogens is 5. The van der Waals surface area contributed by atoms with E-state index >= 15 is 0 Å². The molecule has 1 N–H and O–H groups in total. The highest BCUT2D eigenvalue weighted by atomic mass is 127. The molecular formula is C14H9BrF3IO5S. The summed E-state index contributed by atoms with van der Waals surface area (Å²) in [6.07, 6.45) is 0. The molecule has 0 atom stereocenters. The first-order valence-electron chi connectivity index (χ1n) is 6.16. The number of aromatic carboxylic acids is 1. The molecule has 0 aliphatic rings. The maximum Gasteiger partial charge on any atom is 0.485 e. The van der Waals surface area contributed by atoms with Gasteiger partial charge < -0.3 is 9.66 Å². The minimum Gasteiger partial charge on any atom is -0.741 e. The van der Waals surface area contributed by atoms with Gasteiger partial charge in [-0.15, -0.1) is 0 Å². The number of hydrogen-bond donors (Lipinski definition) is 1. The quantitative estimate of drug-likeness (QED) is 0.336. The lowest BCUT2D eigenvalue weighted by molar-refractivity contribution is -0.597. The minimum absolute atomic E-state index is 0.399. The zero-order chi connectivity index (χ0) is 19.3. The molecule has 0 heterocycles. The minimum atomic E-state index is -6.09. The molecule has 0 aliphatic heterocycles. The molecule has 0 fully saturated rings. The third-order valence-corrected chi connectivity index (χ3v) is 6.31. The van der Waals surface area contributed by atoms with E-state index in [0.717, 1.165) is 8.04 Å². The third-order valence-electron chi connectivity index (χ3n) is 2.39. The van der Waals surface area contributed by atoms with E-state index < -0.39 is 42.8 Å². The molecule has 0 aliphatic carbocycles. The second-order valence-electron chi connectivity index (χ2n) is 4.22. The van der Waals surface area contributed by atoms with Gasteiger partial charge in [-0.2, -0.15) is 13.2 Å². The van der Waals surface area contributed by atoms with Crippen LogP contribution < -0.4 is 21.2 Å². The molecular weight excluding hydrogens is 544 g/mol. The Balaban J connectivity index is 0.000000333. The summed E-state index contributed by atoms with van der Waals surface area (Å²) in [5.41, 5.74) is -5.25. The van der Waals surface area contributed by atoms with Gasteiger partial charge in [0.05, 0.1) is 0 Å². The van der Waals surface area contributed by atoms with E-state index in [4.69, 9.17) is 18.1 Å². The van der Waals surface area contributed by atoms with Crippen molar-refractivity contribution in [2.75, 3.05) is 0 Å². The summed E-state index contributed by atoms with van der Waals surface area (Å²) >= 11 is 2.86. The van der Waals surface area contributed by atoms with Gasteiger partial charge >= 0.3 is 32.7 Å². The van der Waals surface area contributed by atoms with Gasteiger partial charge in [0.1, 0.15) is 5.56 Å². The van der Waals surface area contributed by atoms with Crippen molar-refractivity contribution < 1.29 is 57.2 Å². The Morgan fingerprint density at radius 2 is 1.64 bits per heavy atom. The normalized spacial score (nSPS) is 11.4. The number of benzene rings is 2. The largest absolute Gasteiger partial charge is 0.741 e. The van der Waals surface area contributed by atoms with Crippen LogP contribution in [0.1, 0.15) is 10.4 Å². The van der Waals surface area contributed by atoms with E-state index in [1.165, 1.54) is 3.57 Å². The summed E-state index contributed by atoms with van der Waals surface area (Å²) in [7, 11) is -6.09. The number of rotatable bonds is 3. The van der Waals surface area contributed by atoms with Crippen molar-refractivity contribution in [3.8, 4) is 0 Å². The third kappa shape index (κ3) is 7.30. The number of alkyl halides is 3. The fourth-order valence-electron chi connectivity index (χ4n) is 1.34. The lowest BCUT2D eigenvalue weighted by Crippen LogP contribution is -3.61. The average molecular weight is 553 g/mol. The summed E-state index contributed by atoms with van der Waals surface area (Å²) in [6, 6.07) is 15.5. The van der Waals surface area contributed by atoms with Crippen molar-refractivity contribution in [2.24, 2.45) is 0 Å². The average Bonchev–Trinajstić information content (AvgIpc) is 2.48. The molecule has 0 saturated carbocycles. The van der Waals surface area contributed by atoms with Crippen LogP contribution >= 0.6 is 15.9 Å². The summed E-state index contributed by atoms with van der Waals surface area (Å²) in [5, 5.41) is 9.16. The Kier molecular flexibility index (Phi) is 7.84. The van der Waals surface area contributed by atoms with Crippen LogP contribution in [0, 0.1) is 7.14 Å². The molecule has 0 saturated heterocycles. The van der Waals surface area contributed by atoms with Gasteiger partial charge in [0.2, 0.25) is 3.57 Å². The Morgan fingerprint density at radius 1 is 1.12 bits per heavy atom. The van der Waals surface area contributed by atoms with Crippen LogP contribution in [-0.2, 0) is 10.1 Å². The zero-order valence-corrected chi connectivity index (χ0v) is 16.6. The van der Waals surface area contributed by atoms with E-state index in [0.29, 0.717) is 5.56 Å². The van der Waals surface area contributed by atoms with Crippen LogP contribution in [0.2, 0.25) is 0 Å². The molecule has 25 heavy (non-hydrogen) atoms. The second kappa shape index (κ2) is 8.96. The van der Waals surface area contributed by atoms with E-state index in [1.54, 1.807) is 6.07 Å². The van der Waals surface area contributed by atoms with Gasteiger partial charge in [-0.05, 0) is 30.3 Å². The molecule has 0 bridgehead atoms. The van der Waals surface area contributed by atoms with Crippen molar-refractivity contribution in [3.05, 3.63) is 65.7 Å². The van der Waals surface area contributed by atoms with Gasteiger partial charge in [0.15, 0.2) is 13.7 Å². The fraction of sp³-hybridized carbons (Fsp3) is 0.0714. The molecule has 2 aromatic carbocycles. The Bertz CT molecular complexity index is 841. The highest BCUT2D eigenvalue weighted by Gasteiger charge is 2.36. The predicted octanol–water partition coefficient (Wildman–Crippen LogP) is 0.327. The van der Waals surface area contributed by atoms with Gasteiger partial charge in [-0.25, -0.2) is 13.2 Å². The summed E-state index contributed by atoms with van der Waals surface area (Å²) in [6.45, 7) is 0. The predicted molar refractivity (Wildman–Crippen MR) is 80.7 cm³/mol. The highest BCUT2D eigenvalue weighted by Crippen LogP contribution is 2.20. The summed E-state index contributed by atoms with van der Waals surface area (Å²) in [4.78, 5) is 11.2. The standard InChI is InChI=1S/C13H8BrIO2.CHF3O3S/c14-9-6-7-12(11(8-9)13(16)17)15-10-4-2-1-3-5-10;2-1(3,4)8(5,6)7/h1-8H;(H,5,6,7). The summed E-state index contributed by atoms with van der Waals surface area (Å²) in [5.74, 6) is -0.864. The van der Waals surface area contributed by atoms with Crippen LogP contribution in [-0.4, -0.2) is 29.6 Å². The Labute approximate surface area is 160 Å². The number of carboxylic acids is 1. The van der Waals surface area contributed by atoms with Gasteiger partial charge in [-0.1, -0.05) is 34.1 Å². The van der Waals surface area contributed by atoms with Crippen molar-refractivity contribution in [1.29, 1.82) is 0 Å². The molecule has 136 valence electrons. The molecule has 0 spiro atoms. The smallest absolute Gasteiger partial charge is 0.485 e. The fourth-order valence-corrected chi connectivity index (χ4v) is 4.18. The van der Waals surface area contributed by atoms with Crippen molar-refractivity contribution in [1.82, 2.24) is 0 Å². The van der Waals surface area contributed by atoms with Gasteiger partial charge in [0, 0.05) is 4.47 Å². The highest BCUT2D eigenvalue weighted by molar-refractivity contribution is 9.10. The van der Waals surface area contributed by atoms with Gasteiger partial charge in [-0.3, -0.25) is 0 Å². The van der Waals surface area contributed by atoms with Crippen LogP contribution in [0.15, 0.2) is 53.0 Å². The topological polar surface area (TPSA) is 94.5 Å². The zero-order valence-electron chi connectivity index (χ0n) is 12.0. The maximum absolute atomic E-state index is 11.2. The van der Waals surface area contributed by atoms with E-state index in [-0.39, 0.29) is 0 Å².